The van der Waals surface area contributed by atoms with E-state index in [9.17, 15) is 22.4 Å². The van der Waals surface area contributed by atoms with Crippen LogP contribution in [0.1, 0.15) is 17.8 Å². The van der Waals surface area contributed by atoms with Crippen LogP contribution in [0.4, 0.5) is 4.39 Å². The summed E-state index contributed by atoms with van der Waals surface area (Å²) < 4.78 is 41.2. The van der Waals surface area contributed by atoms with E-state index < -0.39 is 40.9 Å². The standard InChI is InChI=1S/C16H17FN2O6S2/c1-11(14-3-2-8-26-14)18-15(20)9-24-16(21)10-25-19-27(22,23)13-6-4-12(17)5-7-13/h2-8,11,19H,9-10H2,1H3,(H,18,20)/t11-/m1/s1. The Balaban J connectivity index is 1.70. The lowest BCUT2D eigenvalue weighted by Crippen LogP contribution is -2.32. The second kappa shape index (κ2) is 9.55. The number of carbonyl (C=O) groups is 2. The molecule has 0 aliphatic rings. The van der Waals surface area contributed by atoms with Crippen LogP contribution < -0.4 is 10.2 Å². The number of nitrogens with one attached hydrogen (secondary N) is 2. The molecule has 0 radical (unpaired) electrons. The van der Waals surface area contributed by atoms with E-state index in [-0.39, 0.29) is 10.9 Å². The Morgan fingerprint density at radius 2 is 1.89 bits per heavy atom. The van der Waals surface area contributed by atoms with Crippen LogP contribution >= 0.6 is 11.3 Å². The molecule has 0 bridgehead atoms. The van der Waals surface area contributed by atoms with Gasteiger partial charge in [0.1, 0.15) is 5.82 Å². The average molecular weight is 416 g/mol. The van der Waals surface area contributed by atoms with E-state index in [0.29, 0.717) is 0 Å². The molecule has 1 aromatic heterocycles. The summed E-state index contributed by atoms with van der Waals surface area (Å²) in [6.45, 7) is 0.524. The molecule has 0 aliphatic heterocycles. The molecule has 2 aromatic rings. The first-order valence-electron chi connectivity index (χ1n) is 7.65. The predicted octanol–water partition coefficient (Wildman–Crippen LogP) is 1.52. The van der Waals surface area contributed by atoms with Gasteiger partial charge in [-0.2, -0.15) is 0 Å². The molecule has 2 rings (SSSR count). The number of rotatable bonds is 9. The van der Waals surface area contributed by atoms with E-state index in [0.717, 1.165) is 29.1 Å². The van der Waals surface area contributed by atoms with Crippen LogP contribution in [0, 0.1) is 5.82 Å². The largest absolute Gasteiger partial charge is 0.454 e. The van der Waals surface area contributed by atoms with Crippen molar-refractivity contribution >= 4 is 33.2 Å². The first-order valence-corrected chi connectivity index (χ1v) is 10.0. The van der Waals surface area contributed by atoms with Gasteiger partial charge in [-0.25, -0.2) is 17.6 Å². The maximum atomic E-state index is 12.8. The van der Waals surface area contributed by atoms with Crippen LogP contribution in [0.25, 0.3) is 0 Å². The van der Waals surface area contributed by atoms with Gasteiger partial charge in [-0.1, -0.05) is 11.0 Å². The highest BCUT2D eigenvalue weighted by Gasteiger charge is 2.16. The number of carbonyl (C=O) groups excluding carboxylic acids is 2. The zero-order valence-corrected chi connectivity index (χ0v) is 15.8. The third kappa shape index (κ3) is 6.71. The highest BCUT2D eigenvalue weighted by atomic mass is 32.2. The highest BCUT2D eigenvalue weighted by molar-refractivity contribution is 7.89. The number of esters is 1. The van der Waals surface area contributed by atoms with Gasteiger partial charge in [0.2, 0.25) is 0 Å². The number of amides is 1. The summed E-state index contributed by atoms with van der Waals surface area (Å²) in [7, 11) is -4.07. The number of benzene rings is 1. The maximum Gasteiger partial charge on any atom is 0.334 e. The van der Waals surface area contributed by atoms with E-state index in [2.05, 4.69) is 10.2 Å². The summed E-state index contributed by atoms with van der Waals surface area (Å²) in [4.78, 5) is 30.3. The zero-order chi connectivity index (χ0) is 19.9. The Morgan fingerprint density at radius 3 is 2.52 bits per heavy atom. The van der Waals surface area contributed by atoms with Gasteiger partial charge in [-0.05, 0) is 42.6 Å². The molecule has 0 saturated carbocycles. The maximum absolute atomic E-state index is 12.8. The molecule has 1 heterocycles. The molecule has 27 heavy (non-hydrogen) atoms. The predicted molar refractivity (Wildman–Crippen MR) is 94.5 cm³/mol. The molecule has 0 unspecified atom stereocenters. The van der Waals surface area contributed by atoms with Crippen LogP contribution in [0.2, 0.25) is 0 Å². The van der Waals surface area contributed by atoms with E-state index in [1.165, 1.54) is 11.3 Å². The van der Waals surface area contributed by atoms with Crippen molar-refractivity contribution in [3.05, 3.63) is 52.5 Å². The summed E-state index contributed by atoms with van der Waals surface area (Å²) in [6.07, 6.45) is 0. The van der Waals surface area contributed by atoms with Gasteiger partial charge in [-0.3, -0.25) is 9.63 Å². The molecule has 1 aromatic carbocycles. The van der Waals surface area contributed by atoms with Crippen LogP contribution in [-0.2, 0) is 29.2 Å². The molecule has 0 spiro atoms. The lowest BCUT2D eigenvalue weighted by molar-refractivity contribution is -0.154. The monoisotopic (exact) mass is 416 g/mol. The first-order chi connectivity index (χ1) is 12.8. The Labute approximate surface area is 159 Å². The topological polar surface area (TPSA) is 111 Å². The lowest BCUT2D eigenvalue weighted by atomic mass is 10.3. The van der Waals surface area contributed by atoms with Crippen molar-refractivity contribution in [3.63, 3.8) is 0 Å². The minimum absolute atomic E-state index is 0.227. The molecule has 0 saturated heterocycles. The van der Waals surface area contributed by atoms with Crippen molar-refractivity contribution in [2.24, 2.45) is 0 Å². The first kappa shape index (κ1) is 21.0. The number of ether oxygens (including phenoxy) is 1. The van der Waals surface area contributed by atoms with Gasteiger partial charge >= 0.3 is 5.97 Å². The minimum Gasteiger partial charge on any atom is -0.454 e. The summed E-state index contributed by atoms with van der Waals surface area (Å²) in [5.74, 6) is -2.03. The van der Waals surface area contributed by atoms with Crippen molar-refractivity contribution in [3.8, 4) is 0 Å². The van der Waals surface area contributed by atoms with Crippen LogP contribution in [0.5, 0.6) is 0 Å². The molecule has 2 N–H and O–H groups in total. The Morgan fingerprint density at radius 1 is 1.19 bits per heavy atom. The summed E-state index contributed by atoms with van der Waals surface area (Å²) in [5.41, 5.74) is 0. The van der Waals surface area contributed by atoms with Crippen molar-refractivity contribution in [1.29, 1.82) is 0 Å². The zero-order valence-electron chi connectivity index (χ0n) is 14.2. The second-order valence-electron chi connectivity index (χ2n) is 5.29. The molecule has 8 nitrogen and oxygen atoms in total. The van der Waals surface area contributed by atoms with E-state index in [1.54, 1.807) is 11.8 Å². The number of halogens is 1. The third-order valence-corrected chi connectivity index (χ3v) is 5.48. The number of sulfonamides is 1. The molecule has 11 heteroatoms. The number of thiophene rings is 1. The summed E-state index contributed by atoms with van der Waals surface area (Å²) >= 11 is 1.48. The van der Waals surface area contributed by atoms with Gasteiger partial charge in [-0.15, -0.1) is 11.3 Å². The van der Waals surface area contributed by atoms with E-state index >= 15 is 0 Å². The average Bonchev–Trinajstić information content (AvgIpc) is 3.15. The van der Waals surface area contributed by atoms with Crippen LogP contribution in [-0.4, -0.2) is 33.5 Å². The van der Waals surface area contributed by atoms with Crippen molar-refractivity contribution in [2.45, 2.75) is 17.9 Å². The molecule has 146 valence electrons. The summed E-state index contributed by atoms with van der Waals surface area (Å²) in [5, 5.41) is 4.53. The molecule has 0 fully saturated rings. The molecule has 0 aliphatic carbocycles. The molecule has 1 atom stereocenters. The highest BCUT2D eigenvalue weighted by Crippen LogP contribution is 2.17. The normalized spacial score (nSPS) is 12.4. The fourth-order valence-corrected chi connectivity index (χ4v) is 3.45. The van der Waals surface area contributed by atoms with E-state index in [4.69, 9.17) is 4.74 Å². The molecule has 1 amide bonds. The Bertz CT molecular complexity index is 869. The fourth-order valence-electron chi connectivity index (χ4n) is 1.91. The lowest BCUT2D eigenvalue weighted by Gasteiger charge is -2.12. The Hall–Kier alpha value is -2.34. The molecular weight excluding hydrogens is 399 g/mol. The van der Waals surface area contributed by atoms with Crippen LogP contribution in [0.15, 0.2) is 46.7 Å². The van der Waals surface area contributed by atoms with Gasteiger partial charge in [0.15, 0.2) is 13.2 Å². The third-order valence-electron chi connectivity index (χ3n) is 3.19. The van der Waals surface area contributed by atoms with E-state index in [1.807, 2.05) is 17.5 Å². The molecular formula is C16H17FN2O6S2. The smallest absolute Gasteiger partial charge is 0.334 e. The van der Waals surface area contributed by atoms with Crippen molar-refractivity contribution in [2.75, 3.05) is 13.2 Å². The van der Waals surface area contributed by atoms with Crippen molar-refractivity contribution < 1.29 is 32.0 Å². The Kier molecular flexibility index (Phi) is 7.42. The van der Waals surface area contributed by atoms with Crippen molar-refractivity contribution in [1.82, 2.24) is 10.2 Å². The van der Waals surface area contributed by atoms with Gasteiger partial charge in [0.05, 0.1) is 10.9 Å². The van der Waals surface area contributed by atoms with Gasteiger partial charge in [0.25, 0.3) is 15.9 Å². The summed E-state index contributed by atoms with van der Waals surface area (Å²) in [6, 6.07) is 7.51. The number of hydrogen-bond acceptors (Lipinski definition) is 7. The SMILES string of the molecule is C[C@@H](NC(=O)COC(=O)CONS(=O)(=O)c1ccc(F)cc1)c1cccs1. The second-order valence-corrected chi connectivity index (χ2v) is 7.92. The van der Waals surface area contributed by atoms with Gasteiger partial charge in [0, 0.05) is 4.88 Å². The number of hydrogen-bond donors (Lipinski definition) is 2. The fraction of sp³-hybridized carbons (Fsp3) is 0.250. The van der Waals surface area contributed by atoms with Gasteiger partial charge < -0.3 is 10.1 Å². The quantitative estimate of drug-likeness (QED) is 0.474. The minimum atomic E-state index is -4.07. The van der Waals surface area contributed by atoms with Crippen LogP contribution in [0.3, 0.4) is 0 Å².